The number of benzene rings is 4. The predicted octanol–water partition coefficient (Wildman–Crippen LogP) is 8.28. The summed E-state index contributed by atoms with van der Waals surface area (Å²) in [6.45, 7) is 4.31. The summed E-state index contributed by atoms with van der Waals surface area (Å²) >= 11 is 6.38. The van der Waals surface area contributed by atoms with Crippen LogP contribution in [0.2, 0.25) is 5.02 Å². The first-order valence-electron chi connectivity index (χ1n) is 16.5. The van der Waals surface area contributed by atoms with Crippen LogP contribution in [0.3, 0.4) is 0 Å². The number of rotatable bonds is 13. The van der Waals surface area contributed by atoms with E-state index in [1.165, 1.54) is 6.07 Å². The fourth-order valence-electron chi connectivity index (χ4n) is 6.42. The number of fused-ring (bicyclic) bond motifs is 1. The highest BCUT2D eigenvalue weighted by Crippen LogP contribution is 2.37. The number of amides is 1. The second kappa shape index (κ2) is 15.9. The molecule has 1 aliphatic heterocycles. The summed E-state index contributed by atoms with van der Waals surface area (Å²) < 4.78 is 54.9. The molecule has 0 radical (unpaired) electrons. The van der Waals surface area contributed by atoms with Crippen LogP contribution in [0.4, 0.5) is 13.2 Å². The van der Waals surface area contributed by atoms with Gasteiger partial charge in [0.15, 0.2) is 0 Å². The zero-order valence-electron chi connectivity index (χ0n) is 27.1. The largest absolute Gasteiger partial charge is 0.493 e. The Morgan fingerprint density at radius 1 is 0.878 bits per heavy atom. The quantitative estimate of drug-likeness (QED) is 0.117. The smallest absolute Gasteiger partial charge is 0.417 e. The first-order chi connectivity index (χ1) is 23.8. The van der Waals surface area contributed by atoms with Crippen LogP contribution in [-0.2, 0) is 28.8 Å². The molecule has 1 fully saturated rings. The van der Waals surface area contributed by atoms with Gasteiger partial charge in [0, 0.05) is 50.2 Å². The molecule has 0 unspecified atom stereocenters. The van der Waals surface area contributed by atoms with Gasteiger partial charge in [0.05, 0.1) is 35.9 Å². The topological polar surface area (TPSA) is 46.9 Å². The summed E-state index contributed by atoms with van der Waals surface area (Å²) in [7, 11) is 0. The average Bonchev–Trinajstić information content (AvgIpc) is 3.53. The van der Waals surface area contributed by atoms with Crippen molar-refractivity contribution in [2.45, 2.75) is 31.6 Å². The molecule has 0 atom stereocenters. The number of carbonyl (C=O) groups is 1. The van der Waals surface area contributed by atoms with Gasteiger partial charge in [0.1, 0.15) is 12.3 Å². The Bertz CT molecular complexity index is 1790. The molecule has 0 saturated carbocycles. The van der Waals surface area contributed by atoms with E-state index in [-0.39, 0.29) is 29.9 Å². The predicted molar refractivity (Wildman–Crippen MR) is 186 cm³/mol. The lowest BCUT2D eigenvalue weighted by molar-refractivity contribution is -0.137. The molecular formula is C39H39ClF3N3O3. The Morgan fingerprint density at radius 3 is 2.22 bits per heavy atom. The molecule has 1 amide bonds. The summed E-state index contributed by atoms with van der Waals surface area (Å²) in [5.74, 6) is 0.757. The summed E-state index contributed by atoms with van der Waals surface area (Å²) in [5.41, 5.74) is 2.74. The molecule has 4 aromatic carbocycles. The van der Waals surface area contributed by atoms with Gasteiger partial charge in [0.25, 0.3) is 0 Å². The molecular weight excluding hydrogens is 651 g/mol. The van der Waals surface area contributed by atoms with Crippen molar-refractivity contribution >= 4 is 28.4 Å². The van der Waals surface area contributed by atoms with Crippen molar-refractivity contribution in [3.8, 4) is 5.75 Å². The van der Waals surface area contributed by atoms with E-state index >= 15 is 0 Å². The molecule has 49 heavy (non-hydrogen) atoms. The minimum absolute atomic E-state index is 0.0124. The van der Waals surface area contributed by atoms with Crippen molar-refractivity contribution in [2.75, 3.05) is 46.0 Å². The highest BCUT2D eigenvalue weighted by Gasteiger charge is 2.34. The Morgan fingerprint density at radius 2 is 1.55 bits per heavy atom. The van der Waals surface area contributed by atoms with E-state index in [0.717, 1.165) is 28.1 Å². The molecule has 6 nitrogen and oxygen atoms in total. The lowest BCUT2D eigenvalue weighted by Gasteiger charge is -2.29. The highest BCUT2D eigenvalue weighted by molar-refractivity contribution is 6.32. The van der Waals surface area contributed by atoms with Crippen LogP contribution in [0, 0.1) is 0 Å². The second-order valence-electron chi connectivity index (χ2n) is 12.2. The third kappa shape index (κ3) is 8.65. The Kier molecular flexibility index (Phi) is 11.2. The third-order valence-corrected chi connectivity index (χ3v) is 9.39. The number of halogens is 4. The number of ether oxygens (including phenoxy) is 2. The lowest BCUT2D eigenvalue weighted by Crippen LogP contribution is -2.42. The van der Waals surface area contributed by atoms with Crippen LogP contribution in [0.15, 0.2) is 109 Å². The zero-order valence-corrected chi connectivity index (χ0v) is 27.9. The molecule has 1 saturated heterocycles. The summed E-state index contributed by atoms with van der Waals surface area (Å²) in [5, 5.41) is 0.647. The molecule has 1 aromatic heterocycles. The molecule has 0 aliphatic carbocycles. The fraction of sp³-hybridized carbons (Fsp3) is 0.308. The van der Waals surface area contributed by atoms with Gasteiger partial charge in [-0.05, 0) is 47.4 Å². The van der Waals surface area contributed by atoms with E-state index in [9.17, 15) is 18.0 Å². The van der Waals surface area contributed by atoms with E-state index in [1.807, 2.05) is 76.3 Å². The van der Waals surface area contributed by atoms with Crippen LogP contribution in [-0.4, -0.2) is 66.3 Å². The van der Waals surface area contributed by atoms with Crippen LogP contribution >= 0.6 is 11.6 Å². The summed E-state index contributed by atoms with van der Waals surface area (Å²) in [6.07, 6.45) is -2.01. The van der Waals surface area contributed by atoms with E-state index in [2.05, 4.69) is 29.2 Å². The lowest BCUT2D eigenvalue weighted by atomic mass is 9.90. The third-order valence-electron chi connectivity index (χ3n) is 8.94. The van der Waals surface area contributed by atoms with E-state index < -0.39 is 11.7 Å². The number of nitrogens with zero attached hydrogens (tertiary/aromatic N) is 3. The van der Waals surface area contributed by atoms with Gasteiger partial charge in [-0.15, -0.1) is 0 Å². The molecule has 6 rings (SSSR count). The number of alkyl halides is 3. The standard InChI is InChI=1S/C39H39ClF3N3O3/c40-38-31(14-7-15-34(38)39(41,42)43)26-44(27-33(29-10-3-1-4-11-29)30-12-5-2-6-13-30)19-9-23-49-36-17-8-16-35-32(36)18-20-46(35)28-37(47)45-21-24-48-25-22-45/h1-8,10-18,20,33H,9,19,21-28H2. The average molecular weight is 690 g/mol. The normalized spacial score (nSPS) is 13.8. The Balaban J connectivity index is 1.18. The second-order valence-corrected chi connectivity index (χ2v) is 12.6. The van der Waals surface area contributed by atoms with Crippen LogP contribution in [0.1, 0.15) is 34.6 Å². The van der Waals surface area contributed by atoms with Gasteiger partial charge in [-0.25, -0.2) is 0 Å². The van der Waals surface area contributed by atoms with Crippen LogP contribution < -0.4 is 4.74 Å². The van der Waals surface area contributed by atoms with E-state index in [4.69, 9.17) is 21.1 Å². The first-order valence-corrected chi connectivity index (χ1v) is 16.9. The van der Waals surface area contributed by atoms with E-state index in [0.29, 0.717) is 63.7 Å². The number of carbonyl (C=O) groups excluding carboxylic acids is 1. The zero-order chi connectivity index (χ0) is 34.2. The minimum Gasteiger partial charge on any atom is -0.493 e. The molecule has 0 bridgehead atoms. The van der Waals surface area contributed by atoms with Crippen molar-refractivity contribution in [3.05, 3.63) is 137 Å². The summed E-state index contributed by atoms with van der Waals surface area (Å²) in [4.78, 5) is 16.9. The number of hydrogen-bond donors (Lipinski definition) is 0. The summed E-state index contributed by atoms with van der Waals surface area (Å²) in [6, 6.07) is 32.1. The number of morpholine rings is 1. The maximum atomic E-state index is 13.7. The Labute approximate surface area is 289 Å². The first kappa shape index (κ1) is 34.5. The molecule has 5 aromatic rings. The molecule has 256 valence electrons. The van der Waals surface area contributed by atoms with E-state index in [1.54, 1.807) is 6.07 Å². The van der Waals surface area contributed by atoms with Crippen LogP contribution in [0.25, 0.3) is 10.9 Å². The van der Waals surface area contributed by atoms with Crippen LogP contribution in [0.5, 0.6) is 5.75 Å². The monoisotopic (exact) mass is 689 g/mol. The van der Waals surface area contributed by atoms with Gasteiger partial charge in [-0.1, -0.05) is 90.5 Å². The number of hydrogen-bond acceptors (Lipinski definition) is 4. The van der Waals surface area contributed by atoms with Crippen molar-refractivity contribution in [1.82, 2.24) is 14.4 Å². The molecule has 10 heteroatoms. The van der Waals surface area contributed by atoms with Crippen molar-refractivity contribution in [2.24, 2.45) is 0 Å². The van der Waals surface area contributed by atoms with Gasteiger partial charge in [0.2, 0.25) is 5.91 Å². The molecule has 0 N–H and O–H groups in total. The van der Waals surface area contributed by atoms with Crippen molar-refractivity contribution in [1.29, 1.82) is 0 Å². The Hall–Kier alpha value is -4.31. The molecule has 0 spiro atoms. The maximum absolute atomic E-state index is 13.7. The fourth-order valence-corrected chi connectivity index (χ4v) is 6.71. The van der Waals surface area contributed by atoms with Gasteiger partial charge in [-0.2, -0.15) is 13.2 Å². The van der Waals surface area contributed by atoms with Gasteiger partial charge < -0.3 is 18.9 Å². The molecule has 1 aliphatic rings. The SMILES string of the molecule is O=C(Cn1ccc2c(OCCCN(Cc3cccc(C(F)(F)F)c3Cl)CC(c3ccccc3)c3ccccc3)cccc21)N1CCOCC1. The number of aromatic nitrogens is 1. The molecule has 2 heterocycles. The van der Waals surface area contributed by atoms with Crippen molar-refractivity contribution < 1.29 is 27.4 Å². The van der Waals surface area contributed by atoms with Gasteiger partial charge >= 0.3 is 6.18 Å². The van der Waals surface area contributed by atoms with Crippen molar-refractivity contribution in [3.63, 3.8) is 0 Å². The minimum atomic E-state index is -4.54. The van der Waals surface area contributed by atoms with Gasteiger partial charge in [-0.3, -0.25) is 9.69 Å². The highest BCUT2D eigenvalue weighted by atomic mass is 35.5. The maximum Gasteiger partial charge on any atom is 0.417 e.